The number of rotatable bonds is 5. The van der Waals surface area contributed by atoms with Crippen LogP contribution in [-0.4, -0.2) is 45.7 Å². The van der Waals surface area contributed by atoms with E-state index in [1.54, 1.807) is 7.11 Å². The maximum atomic E-state index is 12.5. The fourth-order valence-electron chi connectivity index (χ4n) is 4.67. The van der Waals surface area contributed by atoms with Gasteiger partial charge in [-0.25, -0.2) is 0 Å². The van der Waals surface area contributed by atoms with E-state index in [4.69, 9.17) is 4.74 Å². The van der Waals surface area contributed by atoms with Crippen molar-refractivity contribution in [1.82, 2.24) is 10.6 Å². The van der Waals surface area contributed by atoms with Gasteiger partial charge in [0.15, 0.2) is 0 Å². The number of ether oxygens (including phenoxy) is 1. The topological polar surface area (TPSA) is 53.6 Å². The molecule has 2 saturated heterocycles. The van der Waals surface area contributed by atoms with Gasteiger partial charge in [0.05, 0.1) is 12.8 Å². The van der Waals surface area contributed by atoms with Gasteiger partial charge in [0.25, 0.3) is 0 Å². The molecule has 2 aliphatic heterocycles. The van der Waals surface area contributed by atoms with Crippen LogP contribution in [0.4, 0.5) is 5.69 Å². The standard InChI is InChI=1S/C20H29N3O2.2ClH/c1-25-18-5-3-2-4-17(18)23-11-6-15(14-23)13-22-19(24)16-12-20(16)7-9-21-10-8-20;;/h2-5,15-16,21H,6-14H2,1H3,(H,22,24);2*1H. The summed E-state index contributed by atoms with van der Waals surface area (Å²) >= 11 is 0. The number of para-hydroxylation sites is 2. The van der Waals surface area contributed by atoms with Crippen LogP contribution in [0.1, 0.15) is 25.7 Å². The first kappa shape index (κ1) is 22.1. The molecule has 3 aliphatic rings. The van der Waals surface area contributed by atoms with E-state index in [9.17, 15) is 4.79 Å². The summed E-state index contributed by atoms with van der Waals surface area (Å²) in [6.07, 6.45) is 4.54. The Morgan fingerprint density at radius 2 is 2.04 bits per heavy atom. The van der Waals surface area contributed by atoms with Crippen LogP contribution >= 0.6 is 24.8 Å². The third-order valence-electron chi connectivity index (χ3n) is 6.38. The molecular formula is C20H31Cl2N3O2. The van der Waals surface area contributed by atoms with Crippen LogP contribution < -0.4 is 20.3 Å². The van der Waals surface area contributed by atoms with E-state index in [0.717, 1.165) is 69.8 Å². The number of hydrogen-bond acceptors (Lipinski definition) is 4. The van der Waals surface area contributed by atoms with Crippen LogP contribution in [0.2, 0.25) is 0 Å². The number of halogens is 2. The largest absolute Gasteiger partial charge is 0.495 e. The van der Waals surface area contributed by atoms with Crippen molar-refractivity contribution >= 4 is 36.4 Å². The normalized spacial score (nSPS) is 25.3. The Bertz CT molecular complexity index is 637. The Morgan fingerprint density at radius 1 is 1.30 bits per heavy atom. The number of carbonyl (C=O) groups is 1. The summed E-state index contributed by atoms with van der Waals surface area (Å²) in [4.78, 5) is 14.9. The van der Waals surface area contributed by atoms with E-state index in [2.05, 4.69) is 27.7 Å². The third kappa shape index (κ3) is 4.64. The number of nitrogens with zero attached hydrogens (tertiary/aromatic N) is 1. The SMILES string of the molecule is COc1ccccc1N1CCC(CNC(=O)C2CC23CCNCC3)C1.Cl.Cl. The van der Waals surface area contributed by atoms with Gasteiger partial charge in [-0.1, -0.05) is 12.1 Å². The van der Waals surface area contributed by atoms with E-state index < -0.39 is 0 Å². The zero-order valence-corrected chi connectivity index (χ0v) is 17.5. The lowest BCUT2D eigenvalue weighted by atomic mass is 9.91. The maximum Gasteiger partial charge on any atom is 0.223 e. The highest BCUT2D eigenvalue weighted by Crippen LogP contribution is 2.58. The summed E-state index contributed by atoms with van der Waals surface area (Å²) in [5.41, 5.74) is 1.49. The summed E-state index contributed by atoms with van der Waals surface area (Å²) < 4.78 is 5.48. The highest BCUT2D eigenvalue weighted by molar-refractivity contribution is 5.85. The minimum Gasteiger partial charge on any atom is -0.495 e. The molecule has 4 rings (SSSR count). The van der Waals surface area contributed by atoms with Crippen LogP contribution in [0.3, 0.4) is 0 Å². The molecule has 1 amide bonds. The molecular weight excluding hydrogens is 385 g/mol. The molecule has 152 valence electrons. The molecule has 2 unspecified atom stereocenters. The number of nitrogens with one attached hydrogen (secondary N) is 2. The molecule has 2 atom stereocenters. The molecule has 0 aromatic heterocycles. The number of anilines is 1. The number of benzene rings is 1. The van der Waals surface area contributed by atoms with E-state index in [1.807, 2.05) is 12.1 Å². The zero-order chi connectivity index (χ0) is 17.3. The minimum atomic E-state index is 0. The zero-order valence-electron chi connectivity index (χ0n) is 15.9. The van der Waals surface area contributed by atoms with Crippen molar-refractivity contribution in [3.8, 4) is 5.75 Å². The van der Waals surface area contributed by atoms with Crippen molar-refractivity contribution in [2.45, 2.75) is 25.7 Å². The Hall–Kier alpha value is -1.17. The van der Waals surface area contributed by atoms with Crippen LogP contribution in [-0.2, 0) is 4.79 Å². The van der Waals surface area contributed by atoms with Crippen molar-refractivity contribution < 1.29 is 9.53 Å². The number of piperidine rings is 1. The minimum absolute atomic E-state index is 0. The second kappa shape index (κ2) is 9.35. The van der Waals surface area contributed by atoms with Gasteiger partial charge in [-0.2, -0.15) is 0 Å². The van der Waals surface area contributed by atoms with E-state index >= 15 is 0 Å². The molecule has 1 aromatic carbocycles. The molecule has 1 spiro atoms. The van der Waals surface area contributed by atoms with Crippen molar-refractivity contribution in [2.24, 2.45) is 17.3 Å². The molecule has 1 aromatic rings. The van der Waals surface area contributed by atoms with Gasteiger partial charge in [-0.05, 0) is 62.2 Å². The fraction of sp³-hybridized carbons (Fsp3) is 0.650. The Kier molecular flexibility index (Phi) is 7.66. The number of methoxy groups -OCH3 is 1. The molecule has 1 saturated carbocycles. The Morgan fingerprint density at radius 3 is 2.78 bits per heavy atom. The van der Waals surface area contributed by atoms with E-state index in [0.29, 0.717) is 11.3 Å². The van der Waals surface area contributed by atoms with Crippen LogP contribution in [0.25, 0.3) is 0 Å². The second-order valence-corrected chi connectivity index (χ2v) is 7.89. The van der Waals surface area contributed by atoms with Crippen LogP contribution in [0, 0.1) is 17.3 Å². The number of hydrogen-bond donors (Lipinski definition) is 2. The maximum absolute atomic E-state index is 12.5. The average molecular weight is 416 g/mol. The molecule has 5 nitrogen and oxygen atoms in total. The van der Waals surface area contributed by atoms with Gasteiger partial charge in [0.2, 0.25) is 5.91 Å². The summed E-state index contributed by atoms with van der Waals surface area (Å²) in [5.74, 6) is 2.01. The van der Waals surface area contributed by atoms with Crippen molar-refractivity contribution in [3.05, 3.63) is 24.3 Å². The lowest BCUT2D eigenvalue weighted by Crippen LogP contribution is -2.36. The second-order valence-electron chi connectivity index (χ2n) is 7.89. The first-order valence-electron chi connectivity index (χ1n) is 9.58. The van der Waals surface area contributed by atoms with Gasteiger partial charge in [0, 0.05) is 25.6 Å². The Labute approximate surface area is 174 Å². The monoisotopic (exact) mass is 415 g/mol. The van der Waals surface area contributed by atoms with Gasteiger partial charge in [0.1, 0.15) is 5.75 Å². The average Bonchev–Trinajstić information content (AvgIpc) is 3.14. The highest BCUT2D eigenvalue weighted by atomic mass is 35.5. The summed E-state index contributed by atoms with van der Waals surface area (Å²) in [5, 5.41) is 6.64. The van der Waals surface area contributed by atoms with Crippen molar-refractivity contribution in [1.29, 1.82) is 0 Å². The number of carbonyl (C=O) groups excluding carboxylic acids is 1. The summed E-state index contributed by atoms with van der Waals surface area (Å²) in [6, 6.07) is 8.18. The molecule has 7 heteroatoms. The highest BCUT2D eigenvalue weighted by Gasteiger charge is 2.57. The van der Waals surface area contributed by atoms with Gasteiger partial charge in [-0.3, -0.25) is 4.79 Å². The van der Waals surface area contributed by atoms with Gasteiger partial charge < -0.3 is 20.3 Å². The van der Waals surface area contributed by atoms with Gasteiger partial charge in [-0.15, -0.1) is 24.8 Å². The summed E-state index contributed by atoms with van der Waals surface area (Å²) in [7, 11) is 1.72. The smallest absolute Gasteiger partial charge is 0.223 e. The molecule has 0 radical (unpaired) electrons. The first-order valence-corrected chi connectivity index (χ1v) is 9.58. The van der Waals surface area contributed by atoms with E-state index in [-0.39, 0.29) is 36.6 Å². The molecule has 2 heterocycles. The van der Waals surface area contributed by atoms with Gasteiger partial charge >= 0.3 is 0 Å². The fourth-order valence-corrected chi connectivity index (χ4v) is 4.67. The lowest BCUT2D eigenvalue weighted by Gasteiger charge is -2.23. The molecule has 0 bridgehead atoms. The lowest BCUT2D eigenvalue weighted by molar-refractivity contribution is -0.123. The van der Waals surface area contributed by atoms with Crippen LogP contribution in [0.5, 0.6) is 5.75 Å². The molecule has 2 N–H and O–H groups in total. The molecule has 1 aliphatic carbocycles. The van der Waals surface area contributed by atoms with Crippen LogP contribution in [0.15, 0.2) is 24.3 Å². The third-order valence-corrected chi connectivity index (χ3v) is 6.38. The quantitative estimate of drug-likeness (QED) is 0.775. The predicted octanol–water partition coefficient (Wildman–Crippen LogP) is 2.87. The summed E-state index contributed by atoms with van der Waals surface area (Å²) in [6.45, 7) is 4.95. The van der Waals surface area contributed by atoms with Crippen molar-refractivity contribution in [3.63, 3.8) is 0 Å². The van der Waals surface area contributed by atoms with E-state index in [1.165, 1.54) is 0 Å². The van der Waals surface area contributed by atoms with Crippen molar-refractivity contribution in [2.75, 3.05) is 44.7 Å². The first-order chi connectivity index (χ1) is 12.2. The molecule has 3 fully saturated rings. The Balaban J connectivity index is 0.00000131. The predicted molar refractivity (Wildman–Crippen MR) is 113 cm³/mol. The molecule has 27 heavy (non-hydrogen) atoms. The number of amides is 1.